The molecule has 0 fully saturated rings. The van der Waals surface area contributed by atoms with Crippen molar-refractivity contribution in [1.29, 1.82) is 0 Å². The third-order valence-corrected chi connectivity index (χ3v) is 0. The van der Waals surface area contributed by atoms with E-state index in [1.54, 1.807) is 0 Å². The van der Waals surface area contributed by atoms with Gasteiger partial charge in [0.1, 0.15) is 0 Å². The zero-order valence-corrected chi connectivity index (χ0v) is 3.63. The largest absolute Gasteiger partial charge is 0.753 e. The molecule has 3 heteroatoms. The monoisotopic (exact) mass is 114 g/mol. The number of isothiocyanates is 1. The third-order valence-electron chi connectivity index (χ3n) is 0. The Kier molecular flexibility index (Phi) is 22.7. The Morgan fingerprint density at radius 3 is 1.75 bits per heavy atom. The molecule has 0 unspecified atom stereocenters. The van der Waals surface area contributed by atoms with Crippen molar-refractivity contribution in [2.75, 3.05) is 0 Å². The maximum atomic E-state index is 7.13. The second kappa shape index (κ2) is 10.3. The first kappa shape index (κ1) is 8.85. The Hall–Kier alpha value is 0.319. The molecule has 0 bridgehead atoms. The quantitative estimate of drug-likeness (QED) is 0.257. The van der Waals surface area contributed by atoms with Crippen LogP contribution in [0.15, 0.2) is 0 Å². The van der Waals surface area contributed by atoms with Gasteiger partial charge in [0.15, 0.2) is 0 Å². The van der Waals surface area contributed by atoms with Crippen LogP contribution in [0.1, 0.15) is 0 Å². The number of hydrogen-bond donors (Lipinski definition) is 0. The fourth-order valence-corrected chi connectivity index (χ4v) is 0. The van der Waals surface area contributed by atoms with Gasteiger partial charge in [-0.3, -0.25) is 0 Å². The van der Waals surface area contributed by atoms with Crippen molar-refractivity contribution in [3.05, 3.63) is 5.41 Å². The number of thiocarbonyl (C=S) groups is 1. The van der Waals surface area contributed by atoms with Gasteiger partial charge in [-0.25, -0.2) is 0 Å². The maximum absolute atomic E-state index is 7.13. The first-order valence-corrected chi connectivity index (χ1v) is 0.836. The zero-order chi connectivity index (χ0) is 2.71. The molecule has 0 aromatic heterocycles. The standard InChI is InChI=1S/CNS.Fe/c2-1-3;/q-1;. The van der Waals surface area contributed by atoms with E-state index in [1.807, 2.05) is 0 Å². The molecule has 0 radical (unpaired) electrons. The van der Waals surface area contributed by atoms with Crippen molar-refractivity contribution >= 4 is 17.4 Å². The fourth-order valence-electron chi connectivity index (χ4n) is 0. The van der Waals surface area contributed by atoms with E-state index in [0.717, 1.165) is 0 Å². The molecule has 0 rings (SSSR count). The van der Waals surface area contributed by atoms with Gasteiger partial charge in [-0.05, 0) is 0 Å². The molecule has 0 aliphatic rings. The van der Waals surface area contributed by atoms with E-state index in [9.17, 15) is 0 Å². The molecule has 0 aromatic carbocycles. The van der Waals surface area contributed by atoms with E-state index in [4.69, 9.17) is 5.41 Å². The number of hydrogen-bond acceptors (Lipinski definition) is 1. The number of nitrogens with zero attached hydrogens (tertiary/aromatic N) is 1. The summed E-state index contributed by atoms with van der Waals surface area (Å²) < 4.78 is 0. The van der Waals surface area contributed by atoms with Crippen molar-refractivity contribution in [2.24, 2.45) is 0 Å². The van der Waals surface area contributed by atoms with Crippen LogP contribution < -0.4 is 0 Å². The van der Waals surface area contributed by atoms with Gasteiger partial charge in [0.2, 0.25) is 0 Å². The normalized spacial score (nSPS) is 2.00. The van der Waals surface area contributed by atoms with Crippen LogP contribution >= 0.6 is 12.2 Å². The van der Waals surface area contributed by atoms with Crippen LogP contribution in [0.4, 0.5) is 0 Å². The minimum atomic E-state index is 0. The molecule has 24 valence electrons. The smallest absolute Gasteiger partial charge is 0 e. The van der Waals surface area contributed by atoms with Gasteiger partial charge in [0, 0.05) is 17.1 Å². The van der Waals surface area contributed by atoms with E-state index >= 15 is 0 Å². The molecule has 4 heavy (non-hydrogen) atoms. The van der Waals surface area contributed by atoms with E-state index in [-0.39, 0.29) is 17.1 Å². The molecule has 1 nitrogen and oxygen atoms in total. The van der Waals surface area contributed by atoms with Crippen molar-refractivity contribution in [3.63, 3.8) is 0 Å². The first-order valence-electron chi connectivity index (χ1n) is 0.428. The maximum Gasteiger partial charge on any atom is 0 e. The fraction of sp³-hybridized carbons (Fsp3) is 0. The molecule has 0 saturated heterocycles. The third kappa shape index (κ3) is 39.6. The SMILES string of the molecule is [Fe].[N-]=C=S. The van der Waals surface area contributed by atoms with Gasteiger partial charge in [-0.2, -0.15) is 5.16 Å². The van der Waals surface area contributed by atoms with Crippen molar-refractivity contribution in [2.45, 2.75) is 0 Å². The van der Waals surface area contributed by atoms with Crippen molar-refractivity contribution in [3.8, 4) is 0 Å². The Morgan fingerprint density at radius 2 is 1.75 bits per heavy atom. The summed E-state index contributed by atoms with van der Waals surface area (Å²) in [4.78, 5) is 0. The van der Waals surface area contributed by atoms with E-state index < -0.39 is 0 Å². The van der Waals surface area contributed by atoms with Gasteiger partial charge in [0.25, 0.3) is 0 Å². The van der Waals surface area contributed by atoms with Gasteiger partial charge >= 0.3 is 0 Å². The summed E-state index contributed by atoms with van der Waals surface area (Å²) in [7, 11) is 0. The van der Waals surface area contributed by atoms with Crippen LogP contribution in [0.3, 0.4) is 0 Å². The van der Waals surface area contributed by atoms with Crippen LogP contribution in [-0.4, -0.2) is 5.16 Å². The van der Waals surface area contributed by atoms with Crippen LogP contribution in [0.25, 0.3) is 5.41 Å². The summed E-state index contributed by atoms with van der Waals surface area (Å²) >= 11 is 3.70. The van der Waals surface area contributed by atoms with Crippen LogP contribution in [0, 0.1) is 0 Å². The topological polar surface area (TPSA) is 22.3 Å². The van der Waals surface area contributed by atoms with Crippen LogP contribution in [0.5, 0.6) is 0 Å². The minimum Gasteiger partial charge on any atom is -0.753 e. The molecule has 0 aromatic rings. The van der Waals surface area contributed by atoms with Crippen LogP contribution in [-0.2, 0) is 17.1 Å². The molecule has 0 heterocycles. The Bertz CT molecular complexity index is 29.0. The van der Waals surface area contributed by atoms with Gasteiger partial charge in [-0.1, -0.05) is 12.2 Å². The molecule has 0 saturated carbocycles. The second-order valence-electron chi connectivity index (χ2n) is 0.0913. The van der Waals surface area contributed by atoms with Gasteiger partial charge in [0.05, 0.1) is 0 Å². The van der Waals surface area contributed by atoms with E-state index in [2.05, 4.69) is 12.2 Å². The Morgan fingerprint density at radius 1 is 1.75 bits per heavy atom. The molecule has 0 amide bonds. The van der Waals surface area contributed by atoms with Crippen molar-refractivity contribution < 1.29 is 17.1 Å². The zero-order valence-electron chi connectivity index (χ0n) is 1.71. The molecule has 0 aliphatic heterocycles. The molecule has 0 atom stereocenters. The molecular formula is CFeNS-. The predicted molar refractivity (Wildman–Crippen MR) is 16.0 cm³/mol. The predicted octanol–water partition coefficient (Wildman–Crippen LogP) is 0.656. The summed E-state index contributed by atoms with van der Waals surface area (Å²) in [5.41, 5.74) is 0. The van der Waals surface area contributed by atoms with Gasteiger partial charge in [-0.15, -0.1) is 0 Å². The summed E-state index contributed by atoms with van der Waals surface area (Å²) in [6.45, 7) is 0. The molecule has 0 N–H and O–H groups in total. The molecular weight excluding hydrogens is 114 g/mol. The summed E-state index contributed by atoms with van der Waals surface area (Å²) in [6, 6.07) is 0. The van der Waals surface area contributed by atoms with Crippen molar-refractivity contribution in [1.82, 2.24) is 0 Å². The van der Waals surface area contributed by atoms with E-state index in [0.29, 0.717) is 0 Å². The summed E-state index contributed by atoms with van der Waals surface area (Å²) in [6.07, 6.45) is 0. The molecule has 0 spiro atoms. The summed E-state index contributed by atoms with van der Waals surface area (Å²) in [5.74, 6) is 0. The average molecular weight is 114 g/mol. The molecule has 0 aliphatic carbocycles. The summed E-state index contributed by atoms with van der Waals surface area (Å²) in [5, 5.41) is 8.47. The van der Waals surface area contributed by atoms with Crippen LogP contribution in [0.2, 0.25) is 0 Å². The first-order chi connectivity index (χ1) is 1.41. The minimum absolute atomic E-state index is 0. The van der Waals surface area contributed by atoms with E-state index in [1.165, 1.54) is 5.16 Å². The average Bonchev–Trinajstić information content (AvgIpc) is 0.918. The number of rotatable bonds is 0. The second-order valence-corrected chi connectivity index (χ2v) is 0.274. The Balaban J connectivity index is 0. The van der Waals surface area contributed by atoms with Gasteiger partial charge < -0.3 is 5.41 Å². The Labute approximate surface area is 40.4 Å².